The third-order valence-corrected chi connectivity index (χ3v) is 5.79. The Morgan fingerprint density at radius 3 is 2.26 bits per heavy atom. The minimum atomic E-state index is -0.174. The van der Waals surface area contributed by atoms with Gasteiger partial charge in [0.2, 0.25) is 0 Å². The van der Waals surface area contributed by atoms with Gasteiger partial charge in [-0.3, -0.25) is 4.79 Å². The van der Waals surface area contributed by atoms with Crippen molar-refractivity contribution in [2.75, 3.05) is 5.01 Å². The lowest BCUT2D eigenvalue weighted by molar-refractivity contribution is -0.114. The number of amides is 1. The molecule has 5 aromatic rings. The minimum absolute atomic E-state index is 0.174. The maximum absolute atomic E-state index is 13.3. The molecule has 6 heteroatoms. The number of para-hydroxylation sites is 3. The van der Waals surface area contributed by atoms with Gasteiger partial charge >= 0.3 is 0 Å². The monoisotopic (exact) mass is 444 g/mol. The van der Waals surface area contributed by atoms with Gasteiger partial charge in [0.05, 0.1) is 22.7 Å². The molecule has 0 spiro atoms. The third kappa shape index (κ3) is 3.42. The maximum Gasteiger partial charge on any atom is 0.280 e. The van der Waals surface area contributed by atoms with Gasteiger partial charge in [-0.25, -0.2) is 4.68 Å². The average molecular weight is 444 g/mol. The highest BCUT2D eigenvalue weighted by molar-refractivity contribution is 6.32. The fourth-order valence-electron chi connectivity index (χ4n) is 4.08. The van der Waals surface area contributed by atoms with Gasteiger partial charge in [-0.1, -0.05) is 54.6 Å². The van der Waals surface area contributed by atoms with Crippen LogP contribution in [0.5, 0.6) is 0 Å². The van der Waals surface area contributed by atoms with E-state index in [0.717, 1.165) is 27.9 Å². The number of nitrogens with zero attached hydrogens (tertiary/aromatic N) is 4. The number of hydrogen-bond acceptors (Lipinski definition) is 4. The van der Waals surface area contributed by atoms with Crippen molar-refractivity contribution in [2.24, 2.45) is 5.10 Å². The molecule has 34 heavy (non-hydrogen) atoms. The lowest BCUT2D eigenvalue weighted by Gasteiger charge is -2.10. The molecule has 6 rings (SSSR count). The second-order valence-corrected chi connectivity index (χ2v) is 8.06. The van der Waals surface area contributed by atoms with Gasteiger partial charge in [0.1, 0.15) is 11.3 Å². The van der Waals surface area contributed by atoms with E-state index in [1.165, 1.54) is 5.01 Å². The highest BCUT2D eigenvalue weighted by atomic mass is 16.3. The van der Waals surface area contributed by atoms with Crippen molar-refractivity contribution in [3.8, 4) is 17.1 Å². The Hall–Kier alpha value is -4.71. The fourth-order valence-corrected chi connectivity index (χ4v) is 4.08. The van der Waals surface area contributed by atoms with Crippen molar-refractivity contribution >= 4 is 34.4 Å². The Morgan fingerprint density at radius 2 is 1.53 bits per heavy atom. The van der Waals surface area contributed by atoms with Gasteiger partial charge in [-0.05, 0) is 49.4 Å². The minimum Gasteiger partial charge on any atom is -0.454 e. The maximum atomic E-state index is 13.3. The van der Waals surface area contributed by atoms with Crippen LogP contribution in [0.2, 0.25) is 0 Å². The van der Waals surface area contributed by atoms with Crippen molar-refractivity contribution in [3.05, 3.63) is 108 Å². The summed E-state index contributed by atoms with van der Waals surface area (Å²) in [7, 11) is 0. The molecule has 0 fully saturated rings. The van der Waals surface area contributed by atoms with Crippen LogP contribution in [0.3, 0.4) is 0 Å². The zero-order chi connectivity index (χ0) is 23.1. The number of carbonyl (C=O) groups is 1. The molecule has 3 aromatic carbocycles. The van der Waals surface area contributed by atoms with E-state index < -0.39 is 0 Å². The van der Waals surface area contributed by atoms with Crippen LogP contribution in [0.25, 0.3) is 34.2 Å². The molecule has 0 atom stereocenters. The zero-order valence-electron chi connectivity index (χ0n) is 18.4. The molecule has 3 heterocycles. The smallest absolute Gasteiger partial charge is 0.280 e. The van der Waals surface area contributed by atoms with E-state index in [1.807, 2.05) is 110 Å². The first kappa shape index (κ1) is 19.9. The summed E-state index contributed by atoms with van der Waals surface area (Å²) in [5.41, 5.74) is 5.04. The Morgan fingerprint density at radius 1 is 0.853 bits per heavy atom. The quantitative estimate of drug-likeness (QED) is 0.315. The van der Waals surface area contributed by atoms with Gasteiger partial charge < -0.3 is 4.42 Å². The molecule has 0 saturated carbocycles. The molecule has 0 unspecified atom stereocenters. The van der Waals surface area contributed by atoms with Gasteiger partial charge in [0, 0.05) is 17.1 Å². The molecule has 6 nitrogen and oxygen atoms in total. The van der Waals surface area contributed by atoms with E-state index in [4.69, 9.17) is 9.52 Å². The number of aromatic nitrogens is 2. The summed E-state index contributed by atoms with van der Waals surface area (Å²) in [5.74, 6) is 0.467. The summed E-state index contributed by atoms with van der Waals surface area (Å²) < 4.78 is 7.92. The Labute approximate surface area is 196 Å². The number of benzene rings is 3. The second-order valence-electron chi connectivity index (χ2n) is 8.06. The number of rotatable bonds is 4. The second kappa shape index (κ2) is 8.01. The fraction of sp³-hybridized carbons (Fsp3) is 0.0357. The van der Waals surface area contributed by atoms with Crippen LogP contribution in [-0.2, 0) is 4.79 Å². The molecule has 0 saturated heterocycles. The zero-order valence-corrected chi connectivity index (χ0v) is 18.4. The van der Waals surface area contributed by atoms with Crippen LogP contribution >= 0.6 is 0 Å². The molecular formula is C28H20N4O2. The molecule has 0 N–H and O–H groups in total. The summed E-state index contributed by atoms with van der Waals surface area (Å²) in [6.07, 6.45) is 3.76. The molecule has 0 aliphatic carbocycles. The normalized spacial score (nSPS) is 14.9. The first-order valence-corrected chi connectivity index (χ1v) is 11.0. The first-order valence-electron chi connectivity index (χ1n) is 11.0. The number of hydrazone groups is 1. The summed E-state index contributed by atoms with van der Waals surface area (Å²) >= 11 is 0. The summed E-state index contributed by atoms with van der Waals surface area (Å²) in [4.78, 5) is 13.3. The topological polar surface area (TPSA) is 63.6 Å². The van der Waals surface area contributed by atoms with Gasteiger partial charge in [0.25, 0.3) is 5.91 Å². The number of carbonyl (C=O) groups excluding carboxylic acids is 1. The average Bonchev–Trinajstić information content (AvgIpc) is 3.57. The Kier molecular flexibility index (Phi) is 4.70. The number of fused-ring (bicyclic) bond motifs is 1. The Balaban J connectivity index is 1.48. The Bertz CT molecular complexity index is 1540. The van der Waals surface area contributed by atoms with E-state index in [9.17, 15) is 4.79 Å². The molecule has 0 radical (unpaired) electrons. The molecule has 1 amide bonds. The van der Waals surface area contributed by atoms with Gasteiger partial charge in [0.15, 0.2) is 5.76 Å². The third-order valence-electron chi connectivity index (χ3n) is 5.79. The van der Waals surface area contributed by atoms with Crippen LogP contribution in [0.4, 0.5) is 5.69 Å². The van der Waals surface area contributed by atoms with Crippen LogP contribution in [0.15, 0.2) is 112 Å². The summed E-state index contributed by atoms with van der Waals surface area (Å²) in [6, 6.07) is 29.1. The standard InChI is InChI=1S/C28H20N4O2/c1-19-24(28(33)32(29-19)23-13-6-3-7-14-23)16-21-18-31(22-11-4-2-5-12-22)30-27(21)26-17-20-10-8-9-15-25(20)34-26/h2-18H,1H3/b24-16-. The van der Waals surface area contributed by atoms with Crippen molar-refractivity contribution in [1.82, 2.24) is 9.78 Å². The van der Waals surface area contributed by atoms with Crippen LogP contribution in [0.1, 0.15) is 12.5 Å². The SMILES string of the molecule is CC1=NN(c2ccccc2)C(=O)/C1=C\c1cn(-c2ccccc2)nc1-c1cc2ccccc2o1. The summed E-state index contributed by atoms with van der Waals surface area (Å²) in [5, 5.41) is 11.8. The van der Waals surface area contributed by atoms with E-state index in [-0.39, 0.29) is 5.91 Å². The number of anilines is 1. The largest absolute Gasteiger partial charge is 0.454 e. The number of furan rings is 1. The van der Waals surface area contributed by atoms with E-state index in [1.54, 1.807) is 4.68 Å². The summed E-state index contributed by atoms with van der Waals surface area (Å²) in [6.45, 7) is 1.84. The van der Waals surface area contributed by atoms with Gasteiger partial charge in [-0.2, -0.15) is 15.2 Å². The van der Waals surface area contributed by atoms with Crippen molar-refractivity contribution in [1.29, 1.82) is 0 Å². The molecule has 0 bridgehead atoms. The van der Waals surface area contributed by atoms with Crippen molar-refractivity contribution in [3.63, 3.8) is 0 Å². The molecule has 1 aliphatic rings. The van der Waals surface area contributed by atoms with Crippen LogP contribution in [-0.4, -0.2) is 21.4 Å². The first-order chi connectivity index (χ1) is 16.7. The molecular weight excluding hydrogens is 424 g/mol. The van der Waals surface area contributed by atoms with E-state index >= 15 is 0 Å². The van der Waals surface area contributed by atoms with Crippen LogP contribution in [0, 0.1) is 0 Å². The molecule has 164 valence electrons. The van der Waals surface area contributed by atoms with Gasteiger partial charge in [-0.15, -0.1) is 0 Å². The highest BCUT2D eigenvalue weighted by Crippen LogP contribution is 2.32. The van der Waals surface area contributed by atoms with E-state index in [2.05, 4.69) is 5.10 Å². The molecule has 2 aromatic heterocycles. The van der Waals surface area contributed by atoms with Crippen molar-refractivity contribution in [2.45, 2.75) is 6.92 Å². The number of hydrogen-bond donors (Lipinski definition) is 0. The van der Waals surface area contributed by atoms with Crippen molar-refractivity contribution < 1.29 is 9.21 Å². The molecule has 1 aliphatic heterocycles. The predicted octanol–water partition coefficient (Wildman–Crippen LogP) is 6.09. The van der Waals surface area contributed by atoms with Crippen LogP contribution < -0.4 is 5.01 Å². The predicted molar refractivity (Wildman–Crippen MR) is 134 cm³/mol. The highest BCUT2D eigenvalue weighted by Gasteiger charge is 2.29. The lowest BCUT2D eigenvalue weighted by Crippen LogP contribution is -2.21. The van der Waals surface area contributed by atoms with E-state index in [0.29, 0.717) is 22.7 Å². The lowest BCUT2D eigenvalue weighted by atomic mass is 10.1.